The molecule has 3 aromatic heterocycles. The molecule has 216 valence electrons. The van der Waals surface area contributed by atoms with E-state index in [1.807, 2.05) is 60.7 Å². The summed E-state index contributed by atoms with van der Waals surface area (Å²) in [5, 5.41) is 1.96. The third-order valence-electron chi connectivity index (χ3n) is 8.33. The highest BCUT2D eigenvalue weighted by Gasteiger charge is 2.31. The topological polar surface area (TPSA) is 8.82 Å². The Morgan fingerprint density at radius 3 is 1.07 bits per heavy atom. The van der Waals surface area contributed by atoms with Gasteiger partial charge < -0.3 is 8.80 Å². The van der Waals surface area contributed by atoms with E-state index in [0.29, 0.717) is 11.1 Å². The van der Waals surface area contributed by atoms with E-state index in [9.17, 15) is 26.3 Å². The first-order chi connectivity index (χ1) is 21.1. The molecule has 0 aliphatic heterocycles. The van der Waals surface area contributed by atoms with Crippen LogP contribution in [0.5, 0.6) is 0 Å². The number of nitrogens with zero attached hydrogens (tertiary/aromatic N) is 2. The lowest BCUT2D eigenvalue weighted by molar-refractivity contribution is -0.138. The second kappa shape index (κ2) is 9.13. The summed E-state index contributed by atoms with van der Waals surface area (Å²) in [6, 6.07) is 34.3. The molecule has 0 fully saturated rings. The molecule has 8 heteroatoms. The maximum atomic E-state index is 13.1. The zero-order valence-electron chi connectivity index (χ0n) is 22.7. The Morgan fingerprint density at radius 2 is 0.705 bits per heavy atom. The van der Waals surface area contributed by atoms with Gasteiger partial charge in [-0.1, -0.05) is 60.7 Å². The zero-order chi connectivity index (χ0) is 30.4. The molecule has 8 aromatic rings. The van der Waals surface area contributed by atoms with E-state index in [0.717, 1.165) is 79.3 Å². The van der Waals surface area contributed by atoms with E-state index in [1.165, 1.54) is 24.3 Å². The monoisotopic (exact) mass is 594 g/mol. The number of fused-ring (bicyclic) bond motifs is 10. The van der Waals surface area contributed by atoms with Crippen LogP contribution >= 0.6 is 0 Å². The van der Waals surface area contributed by atoms with E-state index >= 15 is 0 Å². The van der Waals surface area contributed by atoms with Crippen molar-refractivity contribution in [2.75, 3.05) is 0 Å². The van der Waals surface area contributed by atoms with Gasteiger partial charge in [0.25, 0.3) is 0 Å². The molecule has 0 N–H and O–H groups in total. The summed E-state index contributed by atoms with van der Waals surface area (Å²) < 4.78 is 83.2. The van der Waals surface area contributed by atoms with E-state index in [4.69, 9.17) is 0 Å². The number of aromatic nitrogens is 2. The molecule has 0 saturated carbocycles. The fraction of sp³-hybridized carbons (Fsp3) is 0.0556. The number of alkyl halides is 6. The van der Waals surface area contributed by atoms with Crippen molar-refractivity contribution in [1.29, 1.82) is 0 Å². The molecule has 0 aliphatic carbocycles. The first kappa shape index (κ1) is 26.4. The van der Waals surface area contributed by atoms with Gasteiger partial charge in [0.2, 0.25) is 0 Å². The molecule has 0 radical (unpaired) electrons. The van der Waals surface area contributed by atoms with Crippen LogP contribution in [0.4, 0.5) is 26.3 Å². The third kappa shape index (κ3) is 4.05. The summed E-state index contributed by atoms with van der Waals surface area (Å²) in [6.07, 6.45) is -8.80. The molecule has 3 heterocycles. The van der Waals surface area contributed by atoms with Crippen molar-refractivity contribution in [3.63, 3.8) is 0 Å². The quantitative estimate of drug-likeness (QED) is 0.176. The lowest BCUT2D eigenvalue weighted by Gasteiger charge is -2.11. The fourth-order valence-electron chi connectivity index (χ4n) is 6.20. The summed E-state index contributed by atoms with van der Waals surface area (Å²) in [5.41, 5.74) is 7.22. The van der Waals surface area contributed by atoms with Crippen molar-refractivity contribution in [3.8, 4) is 22.3 Å². The Kier molecular flexibility index (Phi) is 5.48. The number of hydrogen-bond acceptors (Lipinski definition) is 0. The third-order valence-corrected chi connectivity index (χ3v) is 8.33. The molecule has 2 nitrogen and oxygen atoms in total. The molecule has 0 unspecified atom stereocenters. The highest BCUT2D eigenvalue weighted by atomic mass is 19.4. The van der Waals surface area contributed by atoms with Crippen molar-refractivity contribution in [1.82, 2.24) is 8.80 Å². The highest BCUT2D eigenvalue weighted by molar-refractivity contribution is 6.06. The number of benzene rings is 5. The number of halogens is 6. The fourth-order valence-corrected chi connectivity index (χ4v) is 6.20. The van der Waals surface area contributed by atoms with Gasteiger partial charge in [-0.15, -0.1) is 0 Å². The van der Waals surface area contributed by atoms with Gasteiger partial charge in [0.15, 0.2) is 0 Å². The molecule has 44 heavy (non-hydrogen) atoms. The van der Waals surface area contributed by atoms with Crippen molar-refractivity contribution in [3.05, 3.63) is 132 Å². The van der Waals surface area contributed by atoms with E-state index < -0.39 is 23.5 Å². The summed E-state index contributed by atoms with van der Waals surface area (Å²) >= 11 is 0. The lowest BCUT2D eigenvalue weighted by Crippen LogP contribution is -2.04. The van der Waals surface area contributed by atoms with Crippen LogP contribution in [0.3, 0.4) is 0 Å². The van der Waals surface area contributed by atoms with Crippen molar-refractivity contribution >= 4 is 43.9 Å². The van der Waals surface area contributed by atoms with Gasteiger partial charge in [0.05, 0.1) is 44.2 Å². The minimum Gasteiger partial charge on any atom is -0.306 e. The smallest absolute Gasteiger partial charge is 0.306 e. The van der Waals surface area contributed by atoms with E-state index in [2.05, 4.69) is 20.9 Å². The van der Waals surface area contributed by atoms with Crippen molar-refractivity contribution < 1.29 is 26.3 Å². The Labute approximate surface area is 246 Å². The molecule has 0 aliphatic rings. The largest absolute Gasteiger partial charge is 0.416 e. The van der Waals surface area contributed by atoms with Gasteiger partial charge >= 0.3 is 12.4 Å². The predicted molar refractivity (Wildman–Crippen MR) is 162 cm³/mol. The van der Waals surface area contributed by atoms with Crippen LogP contribution in [0.25, 0.3) is 66.1 Å². The average molecular weight is 595 g/mol. The molecular formula is C36H20F6N2. The summed E-state index contributed by atoms with van der Waals surface area (Å²) in [5.74, 6) is 0. The van der Waals surface area contributed by atoms with Crippen LogP contribution < -0.4 is 0 Å². The van der Waals surface area contributed by atoms with Crippen LogP contribution in [0.15, 0.2) is 121 Å². The van der Waals surface area contributed by atoms with Gasteiger partial charge in [-0.05, 0) is 82.9 Å². The SMILES string of the molecule is FC(F)(F)c1ccc(-c2ccc3cc4c5cc6ccc(-c7ccc(C(F)(F)F)cc7)cc6n5c5ccccc5n4c3c2)cc1. The van der Waals surface area contributed by atoms with Crippen LogP contribution in [0, 0.1) is 0 Å². The Balaban J connectivity index is 1.34. The second-order valence-electron chi connectivity index (χ2n) is 10.9. The summed E-state index contributed by atoms with van der Waals surface area (Å²) in [6.45, 7) is 0. The van der Waals surface area contributed by atoms with Gasteiger partial charge in [-0.25, -0.2) is 0 Å². The molecule has 0 saturated heterocycles. The molecule has 8 rings (SSSR count). The Bertz CT molecular complexity index is 2220. The molecule has 5 aromatic carbocycles. The first-order valence-corrected chi connectivity index (χ1v) is 13.8. The highest BCUT2D eigenvalue weighted by Crippen LogP contribution is 2.38. The summed E-state index contributed by atoms with van der Waals surface area (Å²) in [4.78, 5) is 0. The minimum atomic E-state index is -4.40. The Morgan fingerprint density at radius 1 is 0.341 bits per heavy atom. The van der Waals surface area contributed by atoms with Gasteiger partial charge in [-0.3, -0.25) is 0 Å². The van der Waals surface area contributed by atoms with E-state index in [-0.39, 0.29) is 0 Å². The van der Waals surface area contributed by atoms with Gasteiger partial charge in [0.1, 0.15) is 0 Å². The Hall–Kier alpha value is -5.24. The van der Waals surface area contributed by atoms with Crippen molar-refractivity contribution in [2.24, 2.45) is 0 Å². The average Bonchev–Trinajstić information content (AvgIpc) is 3.59. The van der Waals surface area contributed by atoms with E-state index in [1.54, 1.807) is 0 Å². The van der Waals surface area contributed by atoms with Crippen LogP contribution in [-0.4, -0.2) is 8.80 Å². The van der Waals surface area contributed by atoms with Gasteiger partial charge in [0, 0.05) is 10.8 Å². The zero-order valence-corrected chi connectivity index (χ0v) is 22.7. The summed E-state index contributed by atoms with van der Waals surface area (Å²) in [7, 11) is 0. The maximum absolute atomic E-state index is 13.1. The first-order valence-electron chi connectivity index (χ1n) is 13.8. The minimum absolute atomic E-state index is 0.685. The molecular weight excluding hydrogens is 574 g/mol. The van der Waals surface area contributed by atoms with Crippen LogP contribution in [0.2, 0.25) is 0 Å². The second-order valence-corrected chi connectivity index (χ2v) is 10.9. The lowest BCUT2D eigenvalue weighted by atomic mass is 10.0. The van der Waals surface area contributed by atoms with Crippen LogP contribution in [-0.2, 0) is 12.4 Å². The number of rotatable bonds is 2. The molecule has 0 amide bonds. The number of para-hydroxylation sites is 2. The normalized spacial score (nSPS) is 12.8. The van der Waals surface area contributed by atoms with Gasteiger partial charge in [-0.2, -0.15) is 26.3 Å². The number of hydrogen-bond donors (Lipinski definition) is 0. The van der Waals surface area contributed by atoms with Crippen molar-refractivity contribution in [2.45, 2.75) is 12.4 Å². The van der Waals surface area contributed by atoms with Crippen LogP contribution in [0.1, 0.15) is 11.1 Å². The molecule has 0 atom stereocenters. The maximum Gasteiger partial charge on any atom is 0.416 e. The molecule has 0 bridgehead atoms. The molecule has 0 spiro atoms. The standard InChI is InChI=1S/C36H20F6N2/c37-35(38,39)27-13-9-21(10-14-27)23-5-7-25-19-33-34-20-26-8-6-24(22-11-15-28(16-12-22)36(40,41)42)18-32(26)44(34)30-4-2-1-3-29(30)43(33)31(25)17-23/h1-20H. The predicted octanol–water partition coefficient (Wildman–Crippen LogP) is 11.0.